The van der Waals surface area contributed by atoms with Gasteiger partial charge in [0.15, 0.2) is 11.9 Å². The number of guanidine groups is 2. The zero-order valence-electron chi connectivity index (χ0n) is 76.9. The number of benzene rings is 1. The van der Waals surface area contributed by atoms with Crippen molar-refractivity contribution in [2.24, 2.45) is 73.4 Å². The van der Waals surface area contributed by atoms with E-state index >= 15 is 0 Å². The third-order valence-electron chi connectivity index (χ3n) is 20.2. The molecule has 1 rings (SSSR count). The van der Waals surface area contributed by atoms with Crippen molar-refractivity contribution in [1.82, 2.24) is 79.8 Å². The van der Waals surface area contributed by atoms with Crippen molar-refractivity contribution >= 4 is 142 Å². The van der Waals surface area contributed by atoms with Gasteiger partial charge >= 0.3 is 11.9 Å². The van der Waals surface area contributed by atoms with Gasteiger partial charge in [-0.3, -0.25) is 91.5 Å². The molecule has 752 valence electrons. The van der Waals surface area contributed by atoms with Gasteiger partial charge in [-0.05, 0) is 203 Å². The number of nitrogens with one attached hydrogen (secondary N) is 15. The van der Waals surface area contributed by atoms with E-state index in [-0.39, 0.29) is 164 Å². The predicted octanol–water partition coefficient (Wildman–Crippen LogP) is -8.52. The third-order valence-corrected chi connectivity index (χ3v) is 21.5. The minimum absolute atomic E-state index is 0.00981. The van der Waals surface area contributed by atoms with Crippen LogP contribution in [0.4, 0.5) is 0 Å². The van der Waals surface area contributed by atoms with E-state index in [4.69, 9.17) is 51.6 Å². The second-order valence-corrected chi connectivity index (χ2v) is 34.6. The maximum Gasteiger partial charge on any atom is 0.326 e. The number of carboxylic acid groups (broad SMARTS) is 2. The van der Waals surface area contributed by atoms with Crippen LogP contribution < -0.4 is 131 Å². The second kappa shape index (κ2) is 66.0. The molecule has 0 fully saturated rings. The molecule has 0 spiro atoms. The summed E-state index contributed by atoms with van der Waals surface area (Å²) in [5, 5.41) is 88.6. The molecule has 0 heterocycles. The highest BCUT2D eigenvalue weighted by Gasteiger charge is 2.40. The van der Waals surface area contributed by atoms with E-state index in [1.807, 2.05) is 6.26 Å². The van der Waals surface area contributed by atoms with E-state index in [1.165, 1.54) is 54.7 Å². The molecule has 0 aliphatic heterocycles. The van der Waals surface area contributed by atoms with Gasteiger partial charge < -0.3 is 157 Å². The fourth-order valence-electron chi connectivity index (χ4n) is 12.9. The van der Waals surface area contributed by atoms with Crippen LogP contribution >= 0.6 is 23.5 Å². The van der Waals surface area contributed by atoms with Crippen LogP contribution in [0.2, 0.25) is 0 Å². The summed E-state index contributed by atoms with van der Waals surface area (Å²) in [7, 11) is 0. The molecule has 0 bridgehead atoms. The SMILES string of the molecule is CSCC[C@H](NC(=O)[C@H](CO)NC(=O)[C@H](CCCN=C(N)N)NC(=O)[C@H](CC(C)C)NC(=O)[C@H](CCCCN)NC(=O)[C@H](CCCCN)NC(=O)[C@H](CCC(N)=O)NC(=O)[C@H](Cc1ccc(O)cc1)NC(=O)CNC(=O)[C@@H](N)CCSC)C(=O)N[C@H](C(=O)N[C@@H](CC(=O)O)C(=O)N[C@@H](CCCCN)C(=O)N[C@@H](C)C(=O)N[C@@H](CCCN=C(N)N)C(=O)N[C@@H](CC(C)C)C(=O)O)[C@@H](C)O. The Balaban J connectivity index is 3.73. The lowest BCUT2D eigenvalue weighted by Gasteiger charge is -2.29. The number of rotatable bonds is 70. The quantitative estimate of drug-likeness (QED) is 0.0164. The van der Waals surface area contributed by atoms with Gasteiger partial charge in [-0.2, -0.15) is 23.5 Å². The van der Waals surface area contributed by atoms with Crippen molar-refractivity contribution in [3.8, 4) is 5.75 Å². The molecular formula is C82H144N26O23S2. The number of aliphatic hydroxyl groups excluding tert-OH is 2. The summed E-state index contributed by atoms with van der Waals surface area (Å²) in [6.45, 7) is 7.62. The van der Waals surface area contributed by atoms with Crippen LogP contribution in [0.3, 0.4) is 0 Å². The van der Waals surface area contributed by atoms with Gasteiger partial charge in [0, 0.05) is 25.9 Å². The number of aromatic hydroxyl groups is 1. The molecule has 0 aromatic heterocycles. The molecule has 38 N–H and O–H groups in total. The van der Waals surface area contributed by atoms with Gasteiger partial charge in [-0.1, -0.05) is 39.8 Å². The van der Waals surface area contributed by atoms with Crippen LogP contribution in [0.25, 0.3) is 0 Å². The maximum absolute atomic E-state index is 14.8. The summed E-state index contributed by atoms with van der Waals surface area (Å²) >= 11 is 2.63. The number of amides is 16. The predicted molar refractivity (Wildman–Crippen MR) is 496 cm³/mol. The van der Waals surface area contributed by atoms with Gasteiger partial charge in [0.05, 0.1) is 31.7 Å². The number of hydrogen-bond donors (Lipinski definition) is 29. The monoisotopic (exact) mass is 1930 g/mol. The lowest BCUT2D eigenvalue weighted by atomic mass is 10.0. The van der Waals surface area contributed by atoms with Crippen LogP contribution in [0.15, 0.2) is 34.3 Å². The fraction of sp³-hybridized carbons (Fsp3) is 0.683. The number of aliphatic hydroxyl groups is 2. The molecule has 51 heteroatoms. The lowest BCUT2D eigenvalue weighted by molar-refractivity contribution is -0.143. The molecule has 1 aromatic rings. The molecule has 1 aromatic carbocycles. The van der Waals surface area contributed by atoms with Gasteiger partial charge in [0.25, 0.3) is 0 Å². The van der Waals surface area contributed by atoms with Crippen LogP contribution in [-0.2, 0) is 92.7 Å². The van der Waals surface area contributed by atoms with Crippen molar-refractivity contribution in [3.63, 3.8) is 0 Å². The number of nitrogens with two attached hydrogens (primary N) is 9. The number of aliphatic imine (C=N–C) groups is 2. The number of carbonyl (C=O) groups excluding carboxylic acids is 16. The van der Waals surface area contributed by atoms with Crippen LogP contribution in [0.5, 0.6) is 5.75 Å². The van der Waals surface area contributed by atoms with Gasteiger partial charge in [-0.15, -0.1) is 0 Å². The molecule has 0 saturated heterocycles. The first-order valence-electron chi connectivity index (χ1n) is 44.0. The molecule has 16 atom stereocenters. The zero-order chi connectivity index (χ0) is 101. The highest BCUT2D eigenvalue weighted by Crippen LogP contribution is 2.17. The summed E-state index contributed by atoms with van der Waals surface area (Å²) in [6, 6.07) is -18.1. The van der Waals surface area contributed by atoms with Gasteiger partial charge in [0.2, 0.25) is 94.5 Å². The highest BCUT2D eigenvalue weighted by molar-refractivity contribution is 7.98. The smallest absolute Gasteiger partial charge is 0.326 e. The summed E-state index contributed by atoms with van der Waals surface area (Å²) < 4.78 is 0. The Hall–Kier alpha value is -11.5. The van der Waals surface area contributed by atoms with E-state index in [2.05, 4.69) is 89.7 Å². The largest absolute Gasteiger partial charge is 0.508 e. The Morgan fingerprint density at radius 3 is 1.15 bits per heavy atom. The van der Waals surface area contributed by atoms with Crippen LogP contribution in [0, 0.1) is 11.8 Å². The molecular weight excluding hydrogens is 1780 g/mol. The number of aliphatic carboxylic acids is 2. The number of unbranched alkanes of at least 4 members (excludes halogenated alkanes) is 3. The van der Waals surface area contributed by atoms with E-state index < -0.39 is 236 Å². The van der Waals surface area contributed by atoms with Crippen molar-refractivity contribution in [1.29, 1.82) is 0 Å². The average Bonchev–Trinajstić information content (AvgIpc) is 0.847. The number of primary amides is 1. The number of carbonyl (C=O) groups is 18. The molecule has 49 nitrogen and oxygen atoms in total. The fourth-order valence-corrected chi connectivity index (χ4v) is 13.9. The van der Waals surface area contributed by atoms with Crippen LogP contribution in [0.1, 0.15) is 176 Å². The summed E-state index contributed by atoms with van der Waals surface area (Å²) in [6.07, 6.45) is 0.0168. The Morgan fingerprint density at radius 1 is 0.391 bits per heavy atom. The topological polar surface area (TPSA) is 848 Å². The third kappa shape index (κ3) is 50.2. The first-order valence-corrected chi connectivity index (χ1v) is 46.8. The molecule has 0 radical (unpaired) electrons. The van der Waals surface area contributed by atoms with E-state index in [1.54, 1.807) is 34.0 Å². The van der Waals surface area contributed by atoms with Crippen molar-refractivity contribution in [2.45, 2.75) is 273 Å². The van der Waals surface area contributed by atoms with Gasteiger partial charge in [0.1, 0.15) is 90.3 Å². The van der Waals surface area contributed by atoms with Crippen LogP contribution in [-0.4, -0.2) is 311 Å². The molecule has 0 aliphatic rings. The molecule has 133 heavy (non-hydrogen) atoms. The molecule has 0 unspecified atom stereocenters. The summed E-state index contributed by atoms with van der Waals surface area (Å²) in [4.78, 5) is 257. The molecule has 0 aliphatic carbocycles. The molecule has 0 saturated carbocycles. The Labute approximate surface area is 781 Å². The van der Waals surface area contributed by atoms with Crippen molar-refractivity contribution in [2.75, 3.05) is 69.9 Å². The second-order valence-electron chi connectivity index (χ2n) is 32.6. The van der Waals surface area contributed by atoms with E-state index in [0.29, 0.717) is 30.6 Å². The standard InChI is InChI=1S/C82H144N26O23S2/c1-43(2)37-57(104-70(120)52(19-11-14-32-85)98-69(119)51(18-10-13-31-84)99-73(123)55(26-27-62(87)112)102-76(126)58(39-47-22-24-48(111)25-23-47)96-63(113)41-94-67(117)49(86)28-35-132-7)75(125)101-54(21-16-34-93-82(90)91)72(122)107-61(42-109)78(128)103-56(29-36-133-8)74(124)108-65(46(6)110)79(129)105-59(40-64(114)115)77(127)100-50(17-9-12-30-83)68(118)95-45(5)66(116)97-53(20-15-33-92-81(88)89)71(121)106-60(80(130)131)38-44(3)4/h22-25,43-46,49-61,65,109-111H,9-21,26-42,83-86H2,1-8H3,(H2,87,112)(H,94,117)(H,95,118)(H,96,113)(H,97,116)(H,98,119)(H,99,123)(H,100,127)(H,101,125)(H,102,126)(H,103,128)(H,104,120)(H,105,129)(H,106,121)(H,107,122)(H,108,124)(H,114,115)(H,130,131)(H4,88,89,92)(H4,90,91,93)/t45-,46+,49-,50-,51-,52-,53-,54-,55-,56-,57-,58-,59-,60-,61-,65-/m0/s1. The number of phenolic OH excluding ortho intramolecular Hbond substituents is 1. The number of nitrogens with zero attached hydrogens (tertiary/aromatic N) is 2. The molecule has 16 amide bonds. The Kier molecular flexibility index (Phi) is 59.3. The highest BCUT2D eigenvalue weighted by atomic mass is 32.2. The first kappa shape index (κ1) is 119. The lowest BCUT2D eigenvalue weighted by Crippen LogP contribution is -2.62. The minimum atomic E-state index is -2.06. The average molecular weight is 1930 g/mol. The Bertz CT molecular complexity index is 3980. The van der Waals surface area contributed by atoms with E-state index in [0.717, 1.165) is 6.92 Å². The van der Waals surface area contributed by atoms with Gasteiger partial charge in [-0.25, -0.2) is 4.79 Å². The normalized spacial score (nSPS) is 14.7. The number of thioether (sulfide) groups is 2. The zero-order valence-corrected chi connectivity index (χ0v) is 78.5. The number of carboxylic acids is 2. The Morgan fingerprint density at radius 2 is 0.744 bits per heavy atom. The first-order chi connectivity index (χ1) is 62.8. The number of hydrogen-bond acceptors (Lipinski definition) is 29. The van der Waals surface area contributed by atoms with E-state index in [9.17, 15) is 112 Å². The summed E-state index contributed by atoms with van der Waals surface area (Å²) in [5.74, 6) is -19.9. The van der Waals surface area contributed by atoms with Crippen molar-refractivity contribution in [3.05, 3.63) is 29.8 Å². The summed E-state index contributed by atoms with van der Waals surface area (Å²) in [5.41, 5.74) is 51.4. The van der Waals surface area contributed by atoms with Crippen molar-refractivity contribution < 1.29 is 112 Å². The maximum atomic E-state index is 14.8. The number of phenols is 1. The minimum Gasteiger partial charge on any atom is -0.508 e.